The number of hydrogen-bond donors (Lipinski definition) is 0. The predicted octanol–water partition coefficient (Wildman–Crippen LogP) is 4.81. The molecule has 0 radical (unpaired) electrons. The molecule has 2 bridgehead atoms. The van der Waals surface area contributed by atoms with Gasteiger partial charge in [0.15, 0.2) is 11.5 Å². The maximum Gasteiger partial charge on any atom is 0.254 e. The highest BCUT2D eigenvalue weighted by Gasteiger charge is 2.67. The highest BCUT2D eigenvalue weighted by atomic mass is 79.9. The molecule has 6 atom stereocenters. The molecule has 0 spiro atoms. The third-order valence-electron chi connectivity index (χ3n) is 7.52. The molecule has 3 fully saturated rings. The summed E-state index contributed by atoms with van der Waals surface area (Å²) in [5.74, 6) is 1.88. The van der Waals surface area contributed by atoms with Crippen molar-refractivity contribution in [3.63, 3.8) is 0 Å². The maximum atomic E-state index is 13.1. The molecule has 34 heavy (non-hydrogen) atoms. The number of rotatable bonds is 7. The van der Waals surface area contributed by atoms with Crippen molar-refractivity contribution in [2.75, 3.05) is 6.61 Å². The molecule has 1 saturated heterocycles. The zero-order valence-corrected chi connectivity index (χ0v) is 20.4. The quantitative estimate of drug-likeness (QED) is 0.298. The predicted molar refractivity (Wildman–Crippen MR) is 130 cm³/mol. The van der Waals surface area contributed by atoms with Crippen LogP contribution < -0.4 is 9.47 Å². The summed E-state index contributed by atoms with van der Waals surface area (Å²) in [6, 6.07) is 13.6. The third kappa shape index (κ3) is 3.49. The van der Waals surface area contributed by atoms with Crippen LogP contribution >= 0.6 is 15.9 Å². The monoisotopic (exact) mass is 520 g/mol. The molecule has 7 rings (SSSR count). The first kappa shape index (κ1) is 21.6. The topological polar surface area (TPSA) is 68.2 Å². The Labute approximate surface area is 206 Å². The van der Waals surface area contributed by atoms with Gasteiger partial charge in [-0.15, -0.1) is 0 Å². The number of ether oxygens (including phenoxy) is 2. The highest BCUT2D eigenvalue weighted by Crippen LogP contribution is 2.65. The minimum Gasteiger partial charge on any atom is -0.490 e. The number of benzene rings is 2. The van der Waals surface area contributed by atoms with Crippen LogP contribution in [0.25, 0.3) is 0 Å². The lowest BCUT2D eigenvalue weighted by Crippen LogP contribution is -2.40. The van der Waals surface area contributed by atoms with Crippen LogP contribution in [0.5, 0.6) is 11.5 Å². The van der Waals surface area contributed by atoms with E-state index in [2.05, 4.69) is 33.2 Å². The second-order valence-electron chi connectivity index (χ2n) is 9.42. The molecule has 7 heteroatoms. The molecule has 6 nitrogen and oxygen atoms in total. The van der Waals surface area contributed by atoms with Crippen molar-refractivity contribution in [3.05, 3.63) is 70.2 Å². The summed E-state index contributed by atoms with van der Waals surface area (Å²) in [6.45, 7) is 2.79. The number of carbonyl (C=O) groups is 2. The molecule has 0 aromatic heterocycles. The summed E-state index contributed by atoms with van der Waals surface area (Å²) in [6.07, 6.45) is 7.03. The number of hydrazone groups is 1. The van der Waals surface area contributed by atoms with Crippen molar-refractivity contribution in [2.45, 2.75) is 20.0 Å². The Balaban J connectivity index is 1.22. The Morgan fingerprint density at radius 3 is 2.35 bits per heavy atom. The summed E-state index contributed by atoms with van der Waals surface area (Å²) in [7, 11) is 0. The van der Waals surface area contributed by atoms with Gasteiger partial charge >= 0.3 is 0 Å². The first-order chi connectivity index (χ1) is 16.6. The van der Waals surface area contributed by atoms with Crippen LogP contribution in [0.3, 0.4) is 0 Å². The zero-order valence-electron chi connectivity index (χ0n) is 18.8. The second kappa shape index (κ2) is 8.38. The van der Waals surface area contributed by atoms with E-state index in [9.17, 15) is 9.59 Å². The number of imide groups is 1. The summed E-state index contributed by atoms with van der Waals surface area (Å²) in [5.41, 5.74) is 1.76. The van der Waals surface area contributed by atoms with Crippen LogP contribution in [0.1, 0.15) is 24.5 Å². The maximum absolute atomic E-state index is 13.1. The molecule has 2 amide bonds. The molecule has 2 aromatic rings. The molecule has 2 saturated carbocycles. The van der Waals surface area contributed by atoms with Gasteiger partial charge in [-0.05, 0) is 76.2 Å². The van der Waals surface area contributed by atoms with E-state index in [1.807, 2.05) is 49.4 Å². The second-order valence-corrected chi connectivity index (χ2v) is 10.3. The minimum atomic E-state index is -0.247. The largest absolute Gasteiger partial charge is 0.490 e. The van der Waals surface area contributed by atoms with Crippen molar-refractivity contribution in [3.8, 4) is 11.5 Å². The summed E-state index contributed by atoms with van der Waals surface area (Å²) < 4.78 is 12.6. The lowest BCUT2D eigenvalue weighted by molar-refractivity contribution is -0.140. The number of carbonyl (C=O) groups excluding carboxylic acids is 2. The van der Waals surface area contributed by atoms with Gasteiger partial charge in [0.1, 0.15) is 6.61 Å². The first-order valence-electron chi connectivity index (χ1n) is 11.8. The van der Waals surface area contributed by atoms with E-state index in [0.717, 1.165) is 17.0 Å². The van der Waals surface area contributed by atoms with Gasteiger partial charge < -0.3 is 9.47 Å². The number of allylic oxidation sites excluding steroid dienone is 2. The van der Waals surface area contributed by atoms with Crippen LogP contribution in [0.2, 0.25) is 0 Å². The molecule has 5 aliphatic rings. The first-order valence-corrected chi connectivity index (χ1v) is 12.6. The Hall–Kier alpha value is -2.93. The van der Waals surface area contributed by atoms with Gasteiger partial charge in [-0.3, -0.25) is 9.59 Å². The van der Waals surface area contributed by atoms with Crippen LogP contribution in [-0.2, 0) is 16.2 Å². The van der Waals surface area contributed by atoms with Crippen molar-refractivity contribution in [1.82, 2.24) is 5.01 Å². The van der Waals surface area contributed by atoms with Gasteiger partial charge in [-0.2, -0.15) is 10.1 Å². The van der Waals surface area contributed by atoms with E-state index >= 15 is 0 Å². The molecule has 2 aromatic carbocycles. The van der Waals surface area contributed by atoms with E-state index in [1.54, 1.807) is 6.21 Å². The SMILES string of the molecule is CCOc1cc(C=NN2C(=O)[C@@H]3[C@H]4C=C[C@@H]([C@@H]5C[C@@H]45)[C@H]3C2=O)cc(Br)c1OCc1ccccc1. The molecule has 0 N–H and O–H groups in total. The van der Waals surface area contributed by atoms with E-state index < -0.39 is 0 Å². The van der Waals surface area contributed by atoms with E-state index in [-0.39, 0.29) is 35.5 Å². The van der Waals surface area contributed by atoms with Gasteiger partial charge in [-0.25, -0.2) is 0 Å². The van der Waals surface area contributed by atoms with Gasteiger partial charge in [0.05, 0.1) is 29.1 Å². The van der Waals surface area contributed by atoms with Gasteiger partial charge in [0.2, 0.25) is 0 Å². The van der Waals surface area contributed by atoms with E-state index in [1.165, 1.54) is 0 Å². The van der Waals surface area contributed by atoms with E-state index in [0.29, 0.717) is 46.6 Å². The van der Waals surface area contributed by atoms with Gasteiger partial charge in [-0.1, -0.05) is 42.5 Å². The fourth-order valence-electron chi connectivity index (χ4n) is 5.97. The smallest absolute Gasteiger partial charge is 0.254 e. The fraction of sp³-hybridized carbons (Fsp3) is 0.370. The Kier molecular flexibility index (Phi) is 5.32. The molecular formula is C27H25BrN2O4. The number of nitrogens with zero attached hydrogens (tertiary/aromatic N) is 2. The fourth-order valence-corrected chi connectivity index (χ4v) is 6.55. The zero-order chi connectivity index (χ0) is 23.4. The molecule has 0 unspecified atom stereocenters. The molecule has 4 aliphatic carbocycles. The standard InChI is InChI=1S/C27H25BrN2O4/c1-2-33-22-11-16(10-21(28)25(22)34-14-15-6-4-3-5-7-15)13-29-30-26(31)23-17-8-9-18(20-12-19(17)20)24(23)27(30)32/h3-11,13,17-20,23-24H,2,12,14H2,1H3/t17-,18-,19-,20-,23+,24+/m0/s1. The Morgan fingerprint density at radius 1 is 1.03 bits per heavy atom. The average molecular weight is 521 g/mol. The average Bonchev–Trinajstić information content (AvgIpc) is 3.62. The van der Waals surface area contributed by atoms with Crippen LogP contribution in [0.15, 0.2) is 64.2 Å². The molecular weight excluding hydrogens is 496 g/mol. The normalized spacial score (nSPS) is 30.6. The van der Waals surface area contributed by atoms with Crippen LogP contribution in [-0.4, -0.2) is 29.6 Å². The van der Waals surface area contributed by atoms with Gasteiger partial charge in [0.25, 0.3) is 11.8 Å². The van der Waals surface area contributed by atoms with Crippen molar-refractivity contribution < 1.29 is 19.1 Å². The Morgan fingerprint density at radius 2 is 1.71 bits per heavy atom. The minimum absolute atomic E-state index is 0.164. The van der Waals surface area contributed by atoms with Crippen molar-refractivity contribution in [1.29, 1.82) is 0 Å². The summed E-state index contributed by atoms with van der Waals surface area (Å²) >= 11 is 3.58. The van der Waals surface area contributed by atoms with E-state index in [4.69, 9.17) is 9.47 Å². The molecule has 174 valence electrons. The van der Waals surface area contributed by atoms with Gasteiger partial charge in [0, 0.05) is 0 Å². The van der Waals surface area contributed by atoms with Crippen LogP contribution in [0.4, 0.5) is 0 Å². The molecule has 1 aliphatic heterocycles. The number of halogens is 1. The summed E-state index contributed by atoms with van der Waals surface area (Å²) in [5, 5.41) is 5.44. The number of amides is 2. The van der Waals surface area contributed by atoms with Crippen LogP contribution in [0, 0.1) is 35.5 Å². The number of hydrogen-bond acceptors (Lipinski definition) is 5. The van der Waals surface area contributed by atoms with Crippen molar-refractivity contribution >= 4 is 34.0 Å². The molecule has 1 heterocycles. The lowest BCUT2D eigenvalue weighted by atomic mass is 9.63. The lowest BCUT2D eigenvalue weighted by Gasteiger charge is -2.37. The summed E-state index contributed by atoms with van der Waals surface area (Å²) in [4.78, 5) is 26.3. The highest BCUT2D eigenvalue weighted by molar-refractivity contribution is 9.10. The Bertz CT molecular complexity index is 1170. The van der Waals surface area contributed by atoms with Crippen molar-refractivity contribution in [2.24, 2.45) is 40.6 Å². The third-order valence-corrected chi connectivity index (χ3v) is 8.11.